The summed E-state index contributed by atoms with van der Waals surface area (Å²) in [5, 5.41) is 86.6. The molecule has 47 heteroatoms. The number of allylic oxidation sites excluding steroid dienone is 3. The fraction of sp³-hybridized carbons (Fsp3) is 0.667. The summed E-state index contributed by atoms with van der Waals surface area (Å²) in [6.07, 6.45) is -11.2. The molecule has 4 fully saturated rings. The molecule has 43 nitrogen and oxygen atoms in total. The minimum absolute atomic E-state index is 0.00127. The zero-order valence-electron chi connectivity index (χ0n) is 83.7. The van der Waals surface area contributed by atoms with Crippen molar-refractivity contribution in [3.8, 4) is 40.9 Å². The number of ether oxygens (including phenoxy) is 13. The van der Waals surface area contributed by atoms with Gasteiger partial charge >= 0.3 is 18.2 Å². The number of nitrogens with two attached hydrogens (primary N) is 2. The first kappa shape index (κ1) is 120. The standard InChI is InChI=1S/C96H145IN14O29S3/c1-16-111(49-69(115)102-43-26-40-100-38-23-24-39-101-41-27-44-104-94(124)133-50-59-31-33-60(34-32-59)106-87(119)63(29-25-42-103-93(99)123)107-89(121)75(52(2)3)108-88(120)62(105-58(10)112)28-20-22-37-98)64-51-132-70(47-68(64)127-11)138-84-79(117)76(55(7)135-92(84)137-67-30-19-17-18-21-36-96(126)48-66(114)77(109-95(125)131-15)73(67)61(96)35-45-141-143-53(4)5)110-140-71-46-65(113)86(57(9)134-71)142-90(122)72-54(6)74(97)82(85(130-14)81(72)128-12)139-91-80(118)83(129-13)78(116)56(8)136-91/h17-18,31-35,52-53,55-57,62-65,67-68,70-71,75-76,78-80,83-84,86,91-92,100-101,110,113,116-118,126H,16,20,22-29,37-51,98H2,1-15H3,(H,102,115)(H,104,124)(H,105,112)(H,106,119)(H,107,121)(H,108,120)(H,109,125)(H3,99,103,123)/b18-17?,61-35+/t55-,56+,57-,62+,63+,64+,65+,67+,68+,70+,71+,75+,76-,78+,79+,80-,83-,84-,86-,91+,92+,96+/m1/s1. The minimum Gasteiger partial charge on any atom is -0.492 e. The summed E-state index contributed by atoms with van der Waals surface area (Å²) < 4.78 is 79.4. The highest BCUT2D eigenvalue weighted by Gasteiger charge is 2.53. The summed E-state index contributed by atoms with van der Waals surface area (Å²) in [5.41, 5.74) is 12.9. The predicted octanol–water partition coefficient (Wildman–Crippen LogP) is 3.47. The number of benzene rings is 2. The van der Waals surface area contributed by atoms with Crippen LogP contribution in [0.1, 0.15) is 161 Å². The number of urea groups is 1. The molecule has 8 rings (SSSR count). The lowest BCUT2D eigenvalue weighted by Crippen LogP contribution is -2.65. The number of aliphatic hydroxyl groups is 5. The van der Waals surface area contributed by atoms with Gasteiger partial charge < -0.3 is 146 Å². The number of alkyl carbamates (subject to hydrolysis) is 2. The number of rotatable bonds is 55. The van der Waals surface area contributed by atoms with Crippen LogP contribution in [0, 0.1) is 40.1 Å². The molecule has 0 aromatic heterocycles. The van der Waals surface area contributed by atoms with Crippen LogP contribution in [0.25, 0.3) is 0 Å². The fourth-order valence-electron chi connectivity index (χ4n) is 16.7. The molecule has 2 aromatic carbocycles. The first-order valence-corrected chi connectivity index (χ1v) is 52.4. The minimum atomic E-state index is -2.13. The number of hydrogen-bond acceptors (Lipinski definition) is 37. The van der Waals surface area contributed by atoms with E-state index < -0.39 is 198 Å². The number of nitrogens with zero attached hydrogens (tertiary/aromatic N) is 1. The average Bonchev–Trinajstić information content (AvgIpc) is 0.750. The van der Waals surface area contributed by atoms with Crippen LogP contribution in [0.3, 0.4) is 0 Å². The first-order valence-electron chi connectivity index (χ1n) is 48.1. The van der Waals surface area contributed by atoms with Crippen LogP contribution in [0.5, 0.6) is 17.2 Å². The van der Waals surface area contributed by atoms with E-state index in [1.807, 2.05) is 48.3 Å². The van der Waals surface area contributed by atoms with Gasteiger partial charge in [0, 0.05) is 81.5 Å². The number of nitrogens with one attached hydrogen (secondary N) is 11. The van der Waals surface area contributed by atoms with Gasteiger partial charge in [-0.2, -0.15) is 5.48 Å². The molecule has 2 aliphatic carbocycles. The van der Waals surface area contributed by atoms with Crippen molar-refractivity contribution in [2.24, 2.45) is 17.4 Å². The molecule has 798 valence electrons. The third-order valence-corrected chi connectivity index (χ3v) is 29.8. The van der Waals surface area contributed by atoms with Crippen molar-refractivity contribution in [3.05, 3.63) is 79.6 Å². The molecular weight excluding hydrogens is 2040 g/mol. The molecule has 9 amide bonds. The summed E-state index contributed by atoms with van der Waals surface area (Å²) in [6, 6.07) is 1.08. The number of aliphatic hydroxyl groups excluding tert-OH is 4. The highest BCUT2D eigenvalue weighted by atomic mass is 127. The van der Waals surface area contributed by atoms with Gasteiger partial charge in [0.1, 0.15) is 61.4 Å². The van der Waals surface area contributed by atoms with Crippen LogP contribution >= 0.6 is 55.9 Å². The predicted molar refractivity (Wildman–Crippen MR) is 541 cm³/mol. The Labute approximate surface area is 861 Å². The number of unbranched alkanes of at least 4 members (excludes halogenated alkanes) is 2. The molecule has 143 heavy (non-hydrogen) atoms. The zero-order chi connectivity index (χ0) is 105. The van der Waals surface area contributed by atoms with Crippen LogP contribution in [-0.2, 0) is 87.6 Å². The van der Waals surface area contributed by atoms with E-state index in [4.69, 9.17) is 77.9 Å². The number of ketones is 1. The number of hydroxylamine groups is 1. The van der Waals surface area contributed by atoms with E-state index >= 15 is 0 Å². The SMILES string of the molecule is CCN(CC(=O)NCCCNCCCCNCCCNC(=O)OCc1ccc(NC(=O)[C@H](CCCNC(N)=O)NC(=O)[C@@H](NC(=O)[C@H](CCCCN)NC(C)=O)C(C)C)cc1)[C@H]1CO[C@@H](O[C@H]2[C@H](O[C@H]3C#CC=CC#C[C@]4(O)CC(=O)C(NC(=O)OC)=C3/C4=C\CSSC(C)C)O[C@H](C)[C@@H](NO[C@H]3C[C@H](O)[C@H](SC(=O)c4c(C)c(I)c(O[C@@H]5O[C@@H](C)[C@H](O)[C@@H](OC)[C@H]5O)c(OC)c4OC)[C@@H](C)O3)[C@@H]2O)C[C@@H]1OC. The van der Waals surface area contributed by atoms with Gasteiger partial charge in [-0.1, -0.05) is 110 Å². The second-order valence-electron chi connectivity index (χ2n) is 35.7. The van der Waals surface area contributed by atoms with E-state index in [9.17, 15) is 73.5 Å². The Balaban J connectivity index is 0.814. The van der Waals surface area contributed by atoms with Gasteiger partial charge in [0.25, 0.3) is 0 Å². The molecule has 0 unspecified atom stereocenters. The number of halogens is 1. The van der Waals surface area contributed by atoms with Crippen molar-refractivity contribution in [2.45, 2.75) is 292 Å². The number of hydrogen-bond donors (Lipinski definition) is 18. The molecule has 2 aromatic rings. The number of thioether (sulfide) groups is 1. The average molecular weight is 2180 g/mol. The molecule has 20 N–H and O–H groups in total. The van der Waals surface area contributed by atoms with Crippen LogP contribution < -0.4 is 84.3 Å². The molecule has 0 spiro atoms. The Hall–Kier alpha value is -8.30. The second kappa shape index (κ2) is 60.9. The number of Topliss-reactive ketones (excluding diaryl/α,β-unsaturated/α-hetero) is 1. The molecule has 4 saturated heterocycles. The van der Waals surface area contributed by atoms with E-state index in [1.165, 1.54) is 58.3 Å². The highest BCUT2D eigenvalue weighted by molar-refractivity contribution is 14.1. The zero-order valence-corrected chi connectivity index (χ0v) is 88.3. The van der Waals surface area contributed by atoms with Gasteiger partial charge in [0.05, 0.1) is 104 Å². The first-order chi connectivity index (χ1) is 68.3. The molecule has 4 aliphatic heterocycles. The Morgan fingerprint density at radius 2 is 1.36 bits per heavy atom. The summed E-state index contributed by atoms with van der Waals surface area (Å²) in [4.78, 5) is 141. The molecule has 2 bridgehead atoms. The summed E-state index contributed by atoms with van der Waals surface area (Å²) in [7, 11) is 9.73. The van der Waals surface area contributed by atoms with Gasteiger partial charge in [-0.3, -0.25) is 48.6 Å². The maximum absolute atomic E-state index is 14.7. The highest BCUT2D eigenvalue weighted by Crippen LogP contribution is 2.50. The molecule has 0 saturated carbocycles. The van der Waals surface area contributed by atoms with Gasteiger partial charge in [-0.05, 0) is 189 Å². The van der Waals surface area contributed by atoms with Crippen LogP contribution in [-0.4, -0.2) is 341 Å². The number of amides is 9. The lowest BCUT2D eigenvalue weighted by Gasteiger charge is -2.47. The maximum Gasteiger partial charge on any atom is 0.411 e. The molecule has 6 aliphatic rings. The normalized spacial score (nSPS) is 26.2. The van der Waals surface area contributed by atoms with Crippen LogP contribution in [0.15, 0.2) is 59.3 Å². The van der Waals surface area contributed by atoms with Crippen molar-refractivity contribution in [2.75, 3.05) is 119 Å². The fourth-order valence-corrected chi connectivity index (χ4v) is 20.3. The monoisotopic (exact) mass is 2180 g/mol. The Bertz CT molecular complexity index is 4750. The van der Waals surface area contributed by atoms with Gasteiger partial charge in [-0.15, -0.1) is 0 Å². The number of primary amides is 1. The Morgan fingerprint density at radius 1 is 0.699 bits per heavy atom. The Kier molecular flexibility index (Phi) is 51.0. The topological polar surface area (TPSA) is 589 Å². The Morgan fingerprint density at radius 3 is 2.00 bits per heavy atom. The van der Waals surface area contributed by atoms with Crippen molar-refractivity contribution < 1.29 is 140 Å². The van der Waals surface area contributed by atoms with E-state index in [-0.39, 0.29) is 109 Å². The van der Waals surface area contributed by atoms with Crippen molar-refractivity contribution in [1.29, 1.82) is 0 Å². The largest absolute Gasteiger partial charge is 0.492 e. The smallest absolute Gasteiger partial charge is 0.411 e. The van der Waals surface area contributed by atoms with Gasteiger partial charge in [-0.25, -0.2) is 14.4 Å². The number of carbonyl (C=O) groups excluding carboxylic acids is 10. The number of anilines is 1. The van der Waals surface area contributed by atoms with Gasteiger partial charge in [0.15, 0.2) is 41.8 Å². The maximum atomic E-state index is 14.7. The lowest BCUT2D eigenvalue weighted by atomic mass is 9.75. The van der Waals surface area contributed by atoms with Crippen molar-refractivity contribution >= 4 is 120 Å². The summed E-state index contributed by atoms with van der Waals surface area (Å²) in [5.74, 6) is 8.42. The molecule has 22 atom stereocenters. The van der Waals surface area contributed by atoms with E-state index in [1.54, 1.807) is 82.7 Å². The number of fused-ring (bicyclic) bond motifs is 2. The molecule has 0 radical (unpaired) electrons. The quantitative estimate of drug-likeness (QED) is 0.0148. The van der Waals surface area contributed by atoms with Crippen molar-refractivity contribution in [1.82, 2.24) is 58.2 Å². The van der Waals surface area contributed by atoms with Crippen molar-refractivity contribution in [3.63, 3.8) is 0 Å². The van der Waals surface area contributed by atoms with Crippen LogP contribution in [0.2, 0.25) is 0 Å². The number of likely N-dealkylation sites (N-methyl/N-ethyl adjacent to an activating group) is 1. The van der Waals surface area contributed by atoms with Crippen LogP contribution in [0.4, 0.5) is 20.1 Å². The number of carbonyl (C=O) groups is 10. The third-order valence-electron chi connectivity index (χ3n) is 24.3. The lowest BCUT2D eigenvalue weighted by molar-refractivity contribution is -0.337. The summed E-state index contributed by atoms with van der Waals surface area (Å²) in [6.45, 7) is 21.7. The molecule has 4 heterocycles. The van der Waals surface area contributed by atoms with E-state index in [0.29, 0.717) is 91.8 Å². The summed E-state index contributed by atoms with van der Waals surface area (Å²) >= 11 is 2.79. The third kappa shape index (κ3) is 36.0. The second-order valence-corrected chi connectivity index (χ2v) is 40.9. The van der Waals surface area contributed by atoms with E-state index in [0.717, 1.165) is 44.8 Å². The van der Waals surface area contributed by atoms with Gasteiger partial charge in [0.2, 0.25) is 46.7 Å². The van der Waals surface area contributed by atoms with E-state index in [2.05, 4.69) is 82.3 Å². The molecular formula is C96H145IN14O29S3. The number of methoxy groups -OCH3 is 5.